The number of nitrogens with one attached hydrogen (secondary N) is 2. The van der Waals surface area contributed by atoms with Gasteiger partial charge in [0.05, 0.1) is 23.1 Å². The molecule has 130 valence electrons. The van der Waals surface area contributed by atoms with Crippen molar-refractivity contribution < 1.29 is 13.7 Å². The molecule has 3 aromatic rings. The summed E-state index contributed by atoms with van der Waals surface area (Å²) >= 11 is 0. The number of hydrogen-bond acceptors (Lipinski definition) is 4. The molecule has 2 amide bonds. The maximum Gasteiger partial charge on any atom is 0.319 e. The highest BCUT2D eigenvalue weighted by molar-refractivity contribution is 5.91. The number of urea groups is 1. The van der Waals surface area contributed by atoms with Crippen LogP contribution in [0.25, 0.3) is 5.69 Å². The molecule has 0 saturated heterocycles. The van der Waals surface area contributed by atoms with E-state index in [0.717, 1.165) is 5.56 Å². The van der Waals surface area contributed by atoms with Crippen LogP contribution in [0, 0.1) is 19.7 Å². The molecule has 2 aromatic heterocycles. The number of aromatic nitrogens is 3. The first kappa shape index (κ1) is 16.7. The molecule has 0 aliphatic rings. The standard InChI is InChI=1S/C17H18FN5O2/c1-10(16-11(2)22-25-12(16)3)20-17(24)21-14-9-13(18)5-6-15(14)23-8-4-7-19-23/h4-10H,1-3H3,(H2,20,21,24). The maximum absolute atomic E-state index is 13.6. The van der Waals surface area contributed by atoms with Crippen molar-refractivity contribution in [2.45, 2.75) is 26.8 Å². The molecule has 7 nitrogen and oxygen atoms in total. The van der Waals surface area contributed by atoms with Crippen LogP contribution in [0.1, 0.15) is 30.0 Å². The van der Waals surface area contributed by atoms with Crippen LogP contribution < -0.4 is 10.6 Å². The van der Waals surface area contributed by atoms with E-state index in [9.17, 15) is 9.18 Å². The lowest BCUT2D eigenvalue weighted by Gasteiger charge is -2.16. The monoisotopic (exact) mass is 343 g/mol. The van der Waals surface area contributed by atoms with Gasteiger partial charge in [0.25, 0.3) is 0 Å². The van der Waals surface area contributed by atoms with E-state index in [1.807, 2.05) is 13.8 Å². The van der Waals surface area contributed by atoms with E-state index in [1.54, 1.807) is 36.1 Å². The summed E-state index contributed by atoms with van der Waals surface area (Å²) in [6.07, 6.45) is 3.32. The zero-order valence-electron chi connectivity index (χ0n) is 14.1. The van der Waals surface area contributed by atoms with Crippen LogP contribution in [0.15, 0.2) is 41.2 Å². The zero-order valence-corrected chi connectivity index (χ0v) is 14.1. The smallest absolute Gasteiger partial charge is 0.319 e. The summed E-state index contributed by atoms with van der Waals surface area (Å²) in [5.74, 6) is 0.193. The van der Waals surface area contributed by atoms with E-state index in [1.165, 1.54) is 12.1 Å². The van der Waals surface area contributed by atoms with Crippen molar-refractivity contribution in [1.82, 2.24) is 20.3 Å². The van der Waals surface area contributed by atoms with Crippen LogP contribution in [0.4, 0.5) is 14.9 Å². The topological polar surface area (TPSA) is 85.0 Å². The van der Waals surface area contributed by atoms with Crippen molar-refractivity contribution in [2.75, 3.05) is 5.32 Å². The van der Waals surface area contributed by atoms with E-state index in [-0.39, 0.29) is 6.04 Å². The number of carbonyl (C=O) groups excluding carboxylic acids is 1. The minimum absolute atomic E-state index is 0.312. The zero-order chi connectivity index (χ0) is 18.0. The van der Waals surface area contributed by atoms with Gasteiger partial charge in [0.1, 0.15) is 11.6 Å². The van der Waals surface area contributed by atoms with Crippen LogP contribution in [-0.4, -0.2) is 21.0 Å². The van der Waals surface area contributed by atoms with Crippen molar-refractivity contribution in [1.29, 1.82) is 0 Å². The van der Waals surface area contributed by atoms with Crippen LogP contribution >= 0.6 is 0 Å². The van der Waals surface area contributed by atoms with Gasteiger partial charge in [0, 0.05) is 18.0 Å². The number of hydrogen-bond donors (Lipinski definition) is 2. The lowest BCUT2D eigenvalue weighted by atomic mass is 10.1. The summed E-state index contributed by atoms with van der Waals surface area (Å²) in [5.41, 5.74) is 2.41. The molecule has 0 spiro atoms. The Balaban J connectivity index is 1.78. The largest absolute Gasteiger partial charge is 0.361 e. The summed E-state index contributed by atoms with van der Waals surface area (Å²) < 4.78 is 20.3. The van der Waals surface area contributed by atoms with E-state index in [0.29, 0.717) is 22.8 Å². The van der Waals surface area contributed by atoms with E-state index < -0.39 is 11.8 Å². The van der Waals surface area contributed by atoms with Gasteiger partial charge in [-0.2, -0.15) is 5.10 Å². The fourth-order valence-corrected chi connectivity index (χ4v) is 2.75. The average molecular weight is 343 g/mol. The van der Waals surface area contributed by atoms with Gasteiger partial charge in [-0.05, 0) is 45.0 Å². The summed E-state index contributed by atoms with van der Waals surface area (Å²) in [5, 5.41) is 13.5. The molecule has 1 atom stereocenters. The van der Waals surface area contributed by atoms with Gasteiger partial charge in [0.2, 0.25) is 0 Å². The average Bonchev–Trinajstić information content (AvgIpc) is 3.17. The minimum Gasteiger partial charge on any atom is -0.361 e. The highest BCUT2D eigenvalue weighted by Crippen LogP contribution is 2.23. The molecule has 0 aliphatic carbocycles. The van der Waals surface area contributed by atoms with Gasteiger partial charge in [-0.25, -0.2) is 13.9 Å². The van der Waals surface area contributed by atoms with E-state index >= 15 is 0 Å². The molecule has 0 aliphatic heterocycles. The number of carbonyl (C=O) groups is 1. The predicted molar refractivity (Wildman–Crippen MR) is 90.1 cm³/mol. The lowest BCUT2D eigenvalue weighted by Crippen LogP contribution is -2.32. The lowest BCUT2D eigenvalue weighted by molar-refractivity contribution is 0.249. The second-order valence-electron chi connectivity index (χ2n) is 5.67. The third-order valence-corrected chi connectivity index (χ3v) is 3.83. The first-order chi connectivity index (χ1) is 12.0. The Morgan fingerprint density at radius 2 is 2.16 bits per heavy atom. The Morgan fingerprint density at radius 3 is 2.80 bits per heavy atom. The van der Waals surface area contributed by atoms with Gasteiger partial charge in [-0.3, -0.25) is 0 Å². The number of anilines is 1. The van der Waals surface area contributed by atoms with Crippen LogP contribution in [0.2, 0.25) is 0 Å². The number of amides is 2. The van der Waals surface area contributed by atoms with Gasteiger partial charge >= 0.3 is 6.03 Å². The molecule has 2 heterocycles. The number of benzene rings is 1. The molecule has 3 rings (SSSR count). The molecule has 1 unspecified atom stereocenters. The van der Waals surface area contributed by atoms with Crippen molar-refractivity contribution in [3.05, 3.63) is 59.5 Å². The number of nitrogens with zero attached hydrogens (tertiary/aromatic N) is 3. The summed E-state index contributed by atoms with van der Waals surface area (Å²) in [7, 11) is 0. The van der Waals surface area contributed by atoms with Gasteiger partial charge in [-0.1, -0.05) is 5.16 Å². The molecule has 0 fully saturated rings. The number of halogens is 1. The Hall–Kier alpha value is -3.16. The third-order valence-electron chi connectivity index (χ3n) is 3.83. The molecule has 0 radical (unpaired) electrons. The van der Waals surface area contributed by atoms with Crippen molar-refractivity contribution in [3.8, 4) is 5.69 Å². The SMILES string of the molecule is Cc1noc(C)c1C(C)NC(=O)Nc1cc(F)ccc1-n1cccn1. The third kappa shape index (κ3) is 3.52. The molecule has 0 bridgehead atoms. The molecule has 2 N–H and O–H groups in total. The van der Waals surface area contributed by atoms with Gasteiger partial charge in [0.15, 0.2) is 0 Å². The Morgan fingerprint density at radius 1 is 1.36 bits per heavy atom. The summed E-state index contributed by atoms with van der Waals surface area (Å²) in [6, 6.07) is 5.08. The Kier molecular flexibility index (Phi) is 4.51. The fraction of sp³-hybridized carbons (Fsp3) is 0.235. The molecule has 0 saturated carbocycles. The molecular weight excluding hydrogens is 325 g/mol. The van der Waals surface area contributed by atoms with Gasteiger partial charge < -0.3 is 15.2 Å². The Labute approximate surface area is 143 Å². The normalized spacial score (nSPS) is 12.0. The quantitative estimate of drug-likeness (QED) is 0.759. The highest BCUT2D eigenvalue weighted by Gasteiger charge is 2.19. The second-order valence-corrected chi connectivity index (χ2v) is 5.67. The summed E-state index contributed by atoms with van der Waals surface area (Å²) in [4.78, 5) is 12.3. The predicted octanol–water partition coefficient (Wildman–Crippen LogP) is 3.50. The first-order valence-electron chi connectivity index (χ1n) is 7.75. The molecule has 8 heteroatoms. The molecule has 25 heavy (non-hydrogen) atoms. The van der Waals surface area contributed by atoms with E-state index in [4.69, 9.17) is 4.52 Å². The number of aryl methyl sites for hydroxylation is 2. The molecule has 1 aromatic carbocycles. The Bertz CT molecular complexity index is 869. The summed E-state index contributed by atoms with van der Waals surface area (Å²) in [6.45, 7) is 5.42. The van der Waals surface area contributed by atoms with Crippen LogP contribution in [-0.2, 0) is 0 Å². The van der Waals surface area contributed by atoms with Crippen LogP contribution in [0.5, 0.6) is 0 Å². The molecular formula is C17H18FN5O2. The highest BCUT2D eigenvalue weighted by atomic mass is 19.1. The minimum atomic E-state index is -0.466. The van der Waals surface area contributed by atoms with Crippen molar-refractivity contribution in [2.24, 2.45) is 0 Å². The van der Waals surface area contributed by atoms with Crippen LogP contribution in [0.3, 0.4) is 0 Å². The van der Waals surface area contributed by atoms with Crippen molar-refractivity contribution in [3.63, 3.8) is 0 Å². The fourth-order valence-electron chi connectivity index (χ4n) is 2.75. The first-order valence-corrected chi connectivity index (χ1v) is 7.75. The van der Waals surface area contributed by atoms with E-state index in [2.05, 4.69) is 20.9 Å². The second kappa shape index (κ2) is 6.76. The number of rotatable bonds is 4. The maximum atomic E-state index is 13.6. The van der Waals surface area contributed by atoms with Gasteiger partial charge in [-0.15, -0.1) is 0 Å². The van der Waals surface area contributed by atoms with Crippen molar-refractivity contribution >= 4 is 11.7 Å².